The smallest absolute Gasteiger partial charge is 0.322 e. The summed E-state index contributed by atoms with van der Waals surface area (Å²) in [6.45, 7) is 3.23. The first-order valence-corrected chi connectivity index (χ1v) is 10.7. The zero-order valence-corrected chi connectivity index (χ0v) is 19.3. The topological polar surface area (TPSA) is 136 Å². The number of aliphatic imine (C=N–C) groups is 1. The molecule has 10 heteroatoms. The Bertz CT molecular complexity index is 1090. The highest BCUT2D eigenvalue weighted by Crippen LogP contribution is 2.31. The van der Waals surface area contributed by atoms with Crippen molar-refractivity contribution in [1.82, 2.24) is 15.5 Å². The third-order valence-electron chi connectivity index (χ3n) is 5.30. The van der Waals surface area contributed by atoms with Crippen molar-refractivity contribution in [3.05, 3.63) is 65.7 Å². The van der Waals surface area contributed by atoms with Gasteiger partial charge in [-0.15, -0.1) is 0 Å². The molecule has 180 valence electrons. The molecule has 1 amide bonds. The number of hydrogen-bond donors (Lipinski definition) is 5. The van der Waals surface area contributed by atoms with Gasteiger partial charge in [-0.3, -0.25) is 9.59 Å². The zero-order valence-electron chi connectivity index (χ0n) is 19.3. The highest BCUT2D eigenvalue weighted by Gasteiger charge is 2.25. The standard InChI is InChI=1S/C24H29N5O5/c1-4-10-29(18-7-5-6-16(11-18)23(33)26-14-22(31)32)21-8-9-25-24(28-21)27-17-12-19(30)15(2)20(13-17)34-3/h4-10,12-13,18,24,27-28,30H,11,14H2,1-3H3,(H,26,33)(H,31,32)/b10-4-. The number of aliphatic carboxylic acids is 1. The van der Waals surface area contributed by atoms with Crippen molar-refractivity contribution in [2.24, 2.45) is 4.99 Å². The van der Waals surface area contributed by atoms with E-state index in [1.54, 1.807) is 44.5 Å². The Hall–Kier alpha value is -4.21. The van der Waals surface area contributed by atoms with Gasteiger partial charge in [0.05, 0.1) is 13.2 Å². The molecule has 1 aromatic carbocycles. The maximum atomic E-state index is 12.4. The van der Waals surface area contributed by atoms with Crippen molar-refractivity contribution in [3.8, 4) is 11.5 Å². The van der Waals surface area contributed by atoms with Crippen LogP contribution in [0.2, 0.25) is 0 Å². The van der Waals surface area contributed by atoms with E-state index in [4.69, 9.17) is 9.84 Å². The Morgan fingerprint density at radius 2 is 2.15 bits per heavy atom. The molecule has 0 saturated carbocycles. The molecule has 0 aromatic heterocycles. The van der Waals surface area contributed by atoms with Gasteiger partial charge in [0.25, 0.3) is 0 Å². The summed E-state index contributed by atoms with van der Waals surface area (Å²) in [6, 6.07) is 3.21. The van der Waals surface area contributed by atoms with Gasteiger partial charge >= 0.3 is 5.97 Å². The van der Waals surface area contributed by atoms with E-state index in [2.05, 4.69) is 20.9 Å². The summed E-state index contributed by atoms with van der Waals surface area (Å²) in [7, 11) is 1.54. The predicted octanol–water partition coefficient (Wildman–Crippen LogP) is 2.21. The van der Waals surface area contributed by atoms with Crippen LogP contribution in [-0.2, 0) is 9.59 Å². The van der Waals surface area contributed by atoms with Crippen molar-refractivity contribution in [1.29, 1.82) is 0 Å². The van der Waals surface area contributed by atoms with Gasteiger partial charge in [-0.1, -0.05) is 24.3 Å². The highest BCUT2D eigenvalue weighted by molar-refractivity contribution is 5.95. The third-order valence-corrected chi connectivity index (χ3v) is 5.30. The van der Waals surface area contributed by atoms with Crippen LogP contribution in [0.1, 0.15) is 18.9 Å². The number of anilines is 1. The quantitative estimate of drug-likeness (QED) is 0.373. The van der Waals surface area contributed by atoms with Crippen molar-refractivity contribution in [2.45, 2.75) is 32.6 Å². The summed E-state index contributed by atoms with van der Waals surface area (Å²) in [6.07, 6.45) is 12.6. The second-order valence-corrected chi connectivity index (χ2v) is 7.68. The molecule has 1 aliphatic carbocycles. The molecule has 2 atom stereocenters. The molecule has 0 spiro atoms. The molecule has 1 aromatic rings. The molecule has 2 aliphatic rings. The number of amides is 1. The van der Waals surface area contributed by atoms with Crippen molar-refractivity contribution < 1.29 is 24.5 Å². The first-order valence-electron chi connectivity index (χ1n) is 10.7. The Labute approximate surface area is 198 Å². The SMILES string of the molecule is C/C=C\N(C1=CC=NC(Nc2cc(O)c(C)c(OC)c2)N1)C1C=CC=C(C(=O)NCC(=O)O)C1. The molecule has 1 aliphatic heterocycles. The molecule has 34 heavy (non-hydrogen) atoms. The van der Waals surface area contributed by atoms with Gasteiger partial charge in [0.15, 0.2) is 6.29 Å². The number of methoxy groups -OCH3 is 1. The van der Waals surface area contributed by atoms with E-state index in [9.17, 15) is 14.7 Å². The zero-order chi connectivity index (χ0) is 24.7. The summed E-state index contributed by atoms with van der Waals surface area (Å²) in [5, 5.41) is 27.9. The lowest BCUT2D eigenvalue weighted by Crippen LogP contribution is -2.44. The first-order chi connectivity index (χ1) is 16.3. The number of phenolic OH excluding ortho intramolecular Hbond substituents is 1. The van der Waals surface area contributed by atoms with E-state index in [0.29, 0.717) is 29.0 Å². The summed E-state index contributed by atoms with van der Waals surface area (Å²) in [4.78, 5) is 29.5. The van der Waals surface area contributed by atoms with E-state index in [-0.39, 0.29) is 11.8 Å². The number of nitrogens with one attached hydrogen (secondary N) is 3. The number of phenols is 1. The first kappa shape index (κ1) is 24.4. The molecular weight excluding hydrogens is 438 g/mol. The van der Waals surface area contributed by atoms with Crippen LogP contribution in [0.25, 0.3) is 0 Å². The van der Waals surface area contributed by atoms with E-state index in [1.807, 2.05) is 36.3 Å². The van der Waals surface area contributed by atoms with Gasteiger partial charge in [-0.25, -0.2) is 4.99 Å². The van der Waals surface area contributed by atoms with Gasteiger partial charge in [0, 0.05) is 47.8 Å². The van der Waals surface area contributed by atoms with Crippen LogP contribution >= 0.6 is 0 Å². The Morgan fingerprint density at radius 3 is 2.85 bits per heavy atom. The Balaban J connectivity index is 1.71. The third kappa shape index (κ3) is 5.97. The van der Waals surface area contributed by atoms with Crippen LogP contribution in [0, 0.1) is 6.92 Å². The van der Waals surface area contributed by atoms with Crippen molar-refractivity contribution in [2.75, 3.05) is 19.0 Å². The summed E-state index contributed by atoms with van der Waals surface area (Å²) in [5.74, 6) is -0.0868. The Kier molecular flexibility index (Phi) is 7.96. The average Bonchev–Trinajstić information content (AvgIpc) is 2.83. The van der Waals surface area contributed by atoms with Crippen molar-refractivity contribution in [3.63, 3.8) is 0 Å². The Morgan fingerprint density at radius 1 is 1.35 bits per heavy atom. The number of allylic oxidation sites excluding steroid dienone is 4. The lowest BCUT2D eigenvalue weighted by molar-refractivity contribution is -0.137. The molecule has 0 fully saturated rings. The molecular formula is C24H29N5O5. The largest absolute Gasteiger partial charge is 0.507 e. The minimum Gasteiger partial charge on any atom is -0.507 e. The number of carbonyl (C=O) groups is 2. The van der Waals surface area contributed by atoms with Crippen LogP contribution in [0.15, 0.2) is 65.1 Å². The number of carbonyl (C=O) groups excluding carboxylic acids is 1. The molecule has 10 nitrogen and oxygen atoms in total. The van der Waals surface area contributed by atoms with Gasteiger partial charge in [0.2, 0.25) is 5.91 Å². The molecule has 0 bridgehead atoms. The monoisotopic (exact) mass is 467 g/mol. The second-order valence-electron chi connectivity index (χ2n) is 7.68. The number of aromatic hydroxyl groups is 1. The van der Waals surface area contributed by atoms with Crippen LogP contribution in [0.3, 0.4) is 0 Å². The minimum absolute atomic E-state index is 0.112. The average molecular weight is 468 g/mol. The van der Waals surface area contributed by atoms with E-state index < -0.39 is 24.7 Å². The van der Waals surface area contributed by atoms with Crippen LogP contribution in [0.4, 0.5) is 5.69 Å². The fraction of sp³-hybridized carbons (Fsp3) is 0.292. The molecule has 2 unspecified atom stereocenters. The maximum Gasteiger partial charge on any atom is 0.322 e. The lowest BCUT2D eigenvalue weighted by atomic mass is 9.98. The predicted molar refractivity (Wildman–Crippen MR) is 129 cm³/mol. The molecule has 5 N–H and O–H groups in total. The molecule has 3 rings (SSSR count). The van der Waals surface area contributed by atoms with Gasteiger partial charge < -0.3 is 35.8 Å². The van der Waals surface area contributed by atoms with E-state index in [0.717, 1.165) is 5.82 Å². The normalized spacial score (nSPS) is 19.1. The lowest BCUT2D eigenvalue weighted by Gasteiger charge is -2.35. The van der Waals surface area contributed by atoms with Gasteiger partial charge in [-0.2, -0.15) is 0 Å². The molecule has 0 saturated heterocycles. The number of benzene rings is 1. The van der Waals surface area contributed by atoms with Gasteiger partial charge in [-0.05, 0) is 19.9 Å². The second kappa shape index (κ2) is 11.1. The fourth-order valence-electron chi connectivity index (χ4n) is 3.61. The molecule has 1 heterocycles. The van der Waals surface area contributed by atoms with Crippen LogP contribution in [-0.4, -0.2) is 59.2 Å². The van der Waals surface area contributed by atoms with Crippen molar-refractivity contribution >= 4 is 23.8 Å². The fourth-order valence-corrected chi connectivity index (χ4v) is 3.61. The van der Waals surface area contributed by atoms with Crippen LogP contribution in [0.5, 0.6) is 11.5 Å². The van der Waals surface area contributed by atoms with Gasteiger partial charge in [0.1, 0.15) is 23.9 Å². The molecule has 0 radical (unpaired) electrons. The maximum absolute atomic E-state index is 12.4. The number of nitrogens with zero attached hydrogens (tertiary/aromatic N) is 2. The number of hydrogen-bond acceptors (Lipinski definition) is 8. The summed E-state index contributed by atoms with van der Waals surface area (Å²) in [5.41, 5.74) is 1.77. The van der Waals surface area contributed by atoms with E-state index >= 15 is 0 Å². The van der Waals surface area contributed by atoms with E-state index in [1.165, 1.54) is 0 Å². The highest BCUT2D eigenvalue weighted by atomic mass is 16.5. The number of ether oxygens (including phenoxy) is 1. The minimum atomic E-state index is -1.10. The number of rotatable bonds is 9. The summed E-state index contributed by atoms with van der Waals surface area (Å²) >= 11 is 0. The summed E-state index contributed by atoms with van der Waals surface area (Å²) < 4.78 is 5.32. The number of carboxylic acids is 1. The van der Waals surface area contributed by atoms with Crippen LogP contribution < -0.4 is 20.7 Å². The number of carboxylic acid groups (broad SMARTS) is 1.